The molecule has 0 bridgehead atoms. The van der Waals surface area contributed by atoms with E-state index in [1.807, 2.05) is 0 Å². The van der Waals surface area contributed by atoms with E-state index in [0.29, 0.717) is 6.07 Å². The van der Waals surface area contributed by atoms with Gasteiger partial charge in [-0.15, -0.1) is 0 Å². The highest BCUT2D eigenvalue weighted by Crippen LogP contribution is 2.33. The molecule has 0 aliphatic carbocycles. The second-order valence-corrected chi connectivity index (χ2v) is 5.07. The van der Waals surface area contributed by atoms with Gasteiger partial charge < -0.3 is 15.0 Å². The largest absolute Gasteiger partial charge is 0.464 e. The molecule has 0 saturated heterocycles. The van der Waals surface area contributed by atoms with Gasteiger partial charge in [0, 0.05) is 6.20 Å². The number of nitrogen functional groups attached to an aromatic ring is 1. The number of nitrogens with two attached hydrogens (primary N) is 1. The molecule has 9 heteroatoms. The zero-order valence-corrected chi connectivity index (χ0v) is 13.1. The molecule has 2 rings (SSSR count). The van der Waals surface area contributed by atoms with Crippen molar-refractivity contribution in [1.29, 1.82) is 10.5 Å². The molecule has 0 radical (unpaired) electrons. The number of methoxy groups -OCH3 is 1. The number of halogens is 3. The van der Waals surface area contributed by atoms with Crippen LogP contribution >= 0.6 is 15.9 Å². The SMILES string of the molecule is COC(=O)c1c(N)c(C#N)cn1-c1c(F)cc(C#N)c(F)c1Br. The third kappa shape index (κ3) is 2.51. The normalized spacial score (nSPS) is 10.0. The Balaban J connectivity index is 2.89. The molecule has 2 aromatic rings. The van der Waals surface area contributed by atoms with E-state index in [1.54, 1.807) is 6.07 Å². The van der Waals surface area contributed by atoms with Crippen LogP contribution < -0.4 is 5.73 Å². The fraction of sp³-hybridized carbons (Fsp3) is 0.0714. The molecule has 0 spiro atoms. The van der Waals surface area contributed by atoms with Crippen molar-refractivity contribution in [3.63, 3.8) is 0 Å². The quantitative estimate of drug-likeness (QED) is 0.636. The number of carbonyl (C=O) groups is 1. The summed E-state index contributed by atoms with van der Waals surface area (Å²) in [6.07, 6.45) is 1.08. The Bertz CT molecular complexity index is 909. The predicted molar refractivity (Wildman–Crippen MR) is 78.6 cm³/mol. The van der Waals surface area contributed by atoms with Crippen molar-refractivity contribution in [2.24, 2.45) is 0 Å². The van der Waals surface area contributed by atoms with Crippen LogP contribution in [0.3, 0.4) is 0 Å². The summed E-state index contributed by atoms with van der Waals surface area (Å²) in [5.74, 6) is -2.93. The topological polar surface area (TPSA) is 105 Å². The van der Waals surface area contributed by atoms with E-state index in [2.05, 4.69) is 20.7 Å². The van der Waals surface area contributed by atoms with Gasteiger partial charge in [0.2, 0.25) is 0 Å². The standard InChI is InChI=1S/C14H7BrF2N4O2/c1-23-14(22)13-11(20)7(4-19)5-21(13)12-8(16)2-6(3-18)10(17)9(12)15/h2,5H,20H2,1H3. The highest BCUT2D eigenvalue weighted by molar-refractivity contribution is 9.10. The fourth-order valence-electron chi connectivity index (χ4n) is 1.98. The third-order valence-electron chi connectivity index (χ3n) is 3.04. The molecule has 116 valence electrons. The van der Waals surface area contributed by atoms with Gasteiger partial charge in [0.05, 0.1) is 34.1 Å². The van der Waals surface area contributed by atoms with Crippen LogP contribution in [0.4, 0.5) is 14.5 Å². The molecule has 0 atom stereocenters. The maximum Gasteiger partial charge on any atom is 0.357 e. The first-order valence-corrected chi connectivity index (χ1v) is 6.73. The van der Waals surface area contributed by atoms with E-state index < -0.39 is 33.3 Å². The Kier molecular flexibility index (Phi) is 4.34. The van der Waals surface area contributed by atoms with Crippen LogP contribution in [0.1, 0.15) is 21.6 Å². The lowest BCUT2D eigenvalue weighted by atomic mass is 10.2. The van der Waals surface area contributed by atoms with Gasteiger partial charge in [-0.25, -0.2) is 13.6 Å². The predicted octanol–water partition coefficient (Wildman–Crippen LogP) is 2.63. The monoisotopic (exact) mass is 380 g/mol. The molecule has 0 fully saturated rings. The average Bonchev–Trinajstić information content (AvgIpc) is 2.86. The van der Waals surface area contributed by atoms with E-state index in [0.717, 1.165) is 17.9 Å². The summed E-state index contributed by atoms with van der Waals surface area (Å²) in [6.45, 7) is 0. The van der Waals surface area contributed by atoms with Crippen molar-refractivity contribution >= 4 is 27.6 Å². The van der Waals surface area contributed by atoms with Crippen LogP contribution in [-0.4, -0.2) is 17.6 Å². The van der Waals surface area contributed by atoms with Gasteiger partial charge in [-0.2, -0.15) is 10.5 Å². The number of hydrogen-bond acceptors (Lipinski definition) is 5. The minimum Gasteiger partial charge on any atom is -0.464 e. The first-order valence-electron chi connectivity index (χ1n) is 5.94. The van der Waals surface area contributed by atoms with Gasteiger partial charge >= 0.3 is 5.97 Å². The lowest BCUT2D eigenvalue weighted by Crippen LogP contribution is -2.13. The Morgan fingerprint density at radius 1 is 1.35 bits per heavy atom. The van der Waals surface area contributed by atoms with Crippen molar-refractivity contribution < 1.29 is 18.3 Å². The van der Waals surface area contributed by atoms with Crippen LogP contribution in [-0.2, 0) is 4.74 Å². The zero-order valence-electron chi connectivity index (χ0n) is 11.5. The summed E-state index contributed by atoms with van der Waals surface area (Å²) in [5.41, 5.74) is 4.11. The van der Waals surface area contributed by atoms with Crippen molar-refractivity contribution in [3.05, 3.63) is 45.2 Å². The Morgan fingerprint density at radius 3 is 2.48 bits per heavy atom. The molecule has 1 aromatic carbocycles. The van der Waals surface area contributed by atoms with Gasteiger partial charge in [0.1, 0.15) is 18.0 Å². The lowest BCUT2D eigenvalue weighted by molar-refractivity contribution is 0.0593. The summed E-state index contributed by atoms with van der Waals surface area (Å²) in [7, 11) is 1.08. The molecule has 1 heterocycles. The van der Waals surface area contributed by atoms with E-state index in [1.165, 1.54) is 6.07 Å². The van der Waals surface area contributed by atoms with E-state index in [-0.39, 0.29) is 16.9 Å². The molecular weight excluding hydrogens is 374 g/mol. The Labute approximate surface area is 137 Å². The minimum atomic E-state index is -1.01. The first kappa shape index (κ1) is 16.5. The number of aromatic nitrogens is 1. The fourth-order valence-corrected chi connectivity index (χ4v) is 2.57. The maximum absolute atomic E-state index is 14.3. The first-order chi connectivity index (χ1) is 10.9. The molecular formula is C14H7BrF2N4O2. The van der Waals surface area contributed by atoms with Crippen LogP contribution in [0.2, 0.25) is 0 Å². The summed E-state index contributed by atoms with van der Waals surface area (Å²) >= 11 is 2.86. The highest BCUT2D eigenvalue weighted by Gasteiger charge is 2.26. The van der Waals surface area contributed by atoms with Gasteiger partial charge in [-0.05, 0) is 22.0 Å². The Hall–Kier alpha value is -2.91. The lowest BCUT2D eigenvalue weighted by Gasteiger charge is -2.12. The summed E-state index contributed by atoms with van der Waals surface area (Å²) in [5, 5.41) is 17.8. The second-order valence-electron chi connectivity index (χ2n) is 4.27. The Morgan fingerprint density at radius 2 is 1.96 bits per heavy atom. The molecule has 23 heavy (non-hydrogen) atoms. The third-order valence-corrected chi connectivity index (χ3v) is 3.76. The van der Waals surface area contributed by atoms with Gasteiger partial charge in [-0.3, -0.25) is 0 Å². The average molecular weight is 381 g/mol. The number of ether oxygens (including phenoxy) is 1. The number of carbonyl (C=O) groups excluding carboxylic acids is 1. The van der Waals surface area contributed by atoms with Crippen molar-refractivity contribution in [2.45, 2.75) is 0 Å². The molecule has 0 aliphatic rings. The van der Waals surface area contributed by atoms with Crippen LogP contribution in [0.15, 0.2) is 16.7 Å². The molecule has 0 saturated carbocycles. The number of anilines is 1. The number of rotatable bonds is 2. The van der Waals surface area contributed by atoms with Gasteiger partial charge in [0.15, 0.2) is 11.5 Å². The number of hydrogen-bond donors (Lipinski definition) is 1. The molecule has 0 aliphatic heterocycles. The number of esters is 1. The molecule has 2 N–H and O–H groups in total. The van der Waals surface area contributed by atoms with E-state index in [4.69, 9.17) is 16.3 Å². The van der Waals surface area contributed by atoms with Crippen LogP contribution in [0.5, 0.6) is 0 Å². The molecule has 0 amide bonds. The smallest absolute Gasteiger partial charge is 0.357 e. The van der Waals surface area contributed by atoms with Gasteiger partial charge in [-0.1, -0.05) is 0 Å². The number of nitrogens with zero attached hydrogens (tertiary/aromatic N) is 3. The summed E-state index contributed by atoms with van der Waals surface area (Å²) in [4.78, 5) is 11.9. The second kappa shape index (κ2) is 6.07. The highest BCUT2D eigenvalue weighted by atomic mass is 79.9. The van der Waals surface area contributed by atoms with Crippen molar-refractivity contribution in [2.75, 3.05) is 12.8 Å². The minimum absolute atomic E-state index is 0.110. The van der Waals surface area contributed by atoms with Crippen molar-refractivity contribution in [1.82, 2.24) is 4.57 Å². The van der Waals surface area contributed by atoms with Crippen LogP contribution in [0.25, 0.3) is 5.69 Å². The number of nitriles is 2. The summed E-state index contributed by atoms with van der Waals surface area (Å²) < 4.78 is 33.5. The van der Waals surface area contributed by atoms with Gasteiger partial charge in [0.25, 0.3) is 0 Å². The number of benzene rings is 1. The zero-order chi connectivity index (χ0) is 17.3. The van der Waals surface area contributed by atoms with Crippen molar-refractivity contribution in [3.8, 4) is 17.8 Å². The van der Waals surface area contributed by atoms with E-state index in [9.17, 15) is 13.6 Å². The molecule has 0 unspecified atom stereocenters. The van der Waals surface area contributed by atoms with E-state index >= 15 is 0 Å². The maximum atomic E-state index is 14.3. The summed E-state index contributed by atoms with van der Waals surface area (Å²) in [6, 6.07) is 3.93. The molecule has 6 nitrogen and oxygen atoms in total. The van der Waals surface area contributed by atoms with Crippen LogP contribution in [0, 0.1) is 34.3 Å². The molecule has 1 aromatic heterocycles.